The van der Waals surface area contributed by atoms with Crippen LogP contribution in [0.15, 0.2) is 40.5 Å². The van der Waals surface area contributed by atoms with Gasteiger partial charge < -0.3 is 10.3 Å². The van der Waals surface area contributed by atoms with E-state index in [1.807, 2.05) is 35.7 Å². The molecule has 0 saturated heterocycles. The van der Waals surface area contributed by atoms with Crippen LogP contribution in [0, 0.1) is 3.57 Å². The van der Waals surface area contributed by atoms with Gasteiger partial charge in [-0.25, -0.2) is 4.98 Å². The van der Waals surface area contributed by atoms with Crippen LogP contribution < -0.4 is 10.9 Å². The second kappa shape index (κ2) is 5.30. The highest BCUT2D eigenvalue weighted by molar-refractivity contribution is 14.1. The summed E-state index contributed by atoms with van der Waals surface area (Å²) in [7, 11) is 0. The van der Waals surface area contributed by atoms with E-state index in [1.54, 1.807) is 0 Å². The molecule has 0 amide bonds. The van der Waals surface area contributed by atoms with Crippen molar-refractivity contribution in [1.82, 2.24) is 9.97 Å². The fraction of sp³-hybridized carbons (Fsp3) is 0.0769. The normalized spacial score (nSPS) is 10.8. The number of halogens is 1. The second-order valence-electron chi connectivity index (χ2n) is 4.01. The van der Waals surface area contributed by atoms with Gasteiger partial charge in [0.2, 0.25) is 0 Å². The number of fused-ring (bicyclic) bond motifs is 1. The summed E-state index contributed by atoms with van der Waals surface area (Å²) in [5.74, 6) is 0.648. The number of benzene rings is 1. The van der Waals surface area contributed by atoms with Crippen molar-refractivity contribution in [3.8, 4) is 0 Å². The van der Waals surface area contributed by atoms with Crippen LogP contribution in [0.2, 0.25) is 0 Å². The van der Waals surface area contributed by atoms with Gasteiger partial charge in [-0.15, -0.1) is 11.3 Å². The van der Waals surface area contributed by atoms with Crippen molar-refractivity contribution < 1.29 is 0 Å². The van der Waals surface area contributed by atoms with Crippen molar-refractivity contribution in [2.75, 3.05) is 5.32 Å². The number of hydrogen-bond acceptors (Lipinski definition) is 4. The first-order chi connectivity index (χ1) is 9.22. The van der Waals surface area contributed by atoms with E-state index in [0.29, 0.717) is 17.1 Å². The molecule has 1 aromatic carbocycles. The van der Waals surface area contributed by atoms with Crippen LogP contribution in [0.25, 0.3) is 10.2 Å². The summed E-state index contributed by atoms with van der Waals surface area (Å²) in [6.07, 6.45) is 0. The Hall–Kier alpha value is -1.41. The molecule has 0 unspecified atom stereocenters. The molecule has 0 fully saturated rings. The molecule has 0 aliphatic heterocycles. The maximum atomic E-state index is 11.8. The topological polar surface area (TPSA) is 57.8 Å². The van der Waals surface area contributed by atoms with Crippen LogP contribution in [0.5, 0.6) is 0 Å². The predicted octanol–water partition coefficient (Wildman–Crippen LogP) is 3.20. The number of nitrogens with one attached hydrogen (secondary N) is 2. The van der Waals surface area contributed by atoms with E-state index < -0.39 is 0 Å². The van der Waals surface area contributed by atoms with Crippen LogP contribution in [0.4, 0.5) is 5.69 Å². The van der Waals surface area contributed by atoms with E-state index in [9.17, 15) is 4.79 Å². The van der Waals surface area contributed by atoms with Gasteiger partial charge in [-0.3, -0.25) is 4.79 Å². The lowest BCUT2D eigenvalue weighted by atomic mass is 10.3. The number of nitrogens with zero attached hydrogens (tertiary/aromatic N) is 1. The van der Waals surface area contributed by atoms with Crippen LogP contribution in [-0.4, -0.2) is 9.97 Å². The van der Waals surface area contributed by atoms with Crippen molar-refractivity contribution >= 4 is 49.8 Å². The average molecular weight is 383 g/mol. The Morgan fingerprint density at radius 2 is 2.05 bits per heavy atom. The molecular weight excluding hydrogens is 373 g/mol. The Morgan fingerprint density at radius 1 is 1.26 bits per heavy atom. The summed E-state index contributed by atoms with van der Waals surface area (Å²) in [5.41, 5.74) is 1.70. The van der Waals surface area contributed by atoms with Gasteiger partial charge in [0, 0.05) is 9.26 Å². The minimum absolute atomic E-state index is 0.0700. The maximum absolute atomic E-state index is 11.8. The number of anilines is 1. The summed E-state index contributed by atoms with van der Waals surface area (Å²) in [6.45, 7) is 0.502. The smallest absolute Gasteiger partial charge is 0.268 e. The Bertz CT molecular complexity index is 763. The van der Waals surface area contributed by atoms with Crippen molar-refractivity contribution in [3.05, 3.63) is 55.5 Å². The minimum Gasteiger partial charge on any atom is -0.378 e. The SMILES string of the molecule is O=c1[nH]c(CNc2ccc(I)cc2)nc2ccsc12. The molecule has 6 heteroatoms. The largest absolute Gasteiger partial charge is 0.378 e. The lowest BCUT2D eigenvalue weighted by molar-refractivity contribution is 0.956. The quantitative estimate of drug-likeness (QED) is 0.683. The van der Waals surface area contributed by atoms with Crippen LogP contribution >= 0.6 is 33.9 Å². The summed E-state index contributed by atoms with van der Waals surface area (Å²) >= 11 is 3.67. The van der Waals surface area contributed by atoms with Gasteiger partial charge in [0.25, 0.3) is 5.56 Å². The standard InChI is InChI=1S/C13H10IN3OS/c14-8-1-3-9(4-2-8)15-7-11-16-10-5-6-19-12(10)13(18)17-11/h1-6,15H,7H2,(H,16,17,18). The van der Waals surface area contributed by atoms with Crippen LogP contribution in [-0.2, 0) is 6.54 Å². The van der Waals surface area contributed by atoms with Crippen LogP contribution in [0.1, 0.15) is 5.82 Å². The Kier molecular flexibility index (Phi) is 3.52. The predicted molar refractivity (Wildman–Crippen MR) is 86.7 cm³/mol. The molecule has 19 heavy (non-hydrogen) atoms. The highest BCUT2D eigenvalue weighted by Crippen LogP contribution is 2.15. The van der Waals surface area contributed by atoms with Gasteiger partial charge in [-0.1, -0.05) is 0 Å². The lowest BCUT2D eigenvalue weighted by Gasteiger charge is -2.05. The fourth-order valence-corrected chi connectivity index (χ4v) is 2.84. The van der Waals surface area contributed by atoms with Crippen molar-refractivity contribution in [1.29, 1.82) is 0 Å². The molecule has 96 valence electrons. The summed E-state index contributed by atoms with van der Waals surface area (Å²) in [5, 5.41) is 5.12. The Labute approximate surface area is 127 Å². The maximum Gasteiger partial charge on any atom is 0.268 e. The minimum atomic E-state index is -0.0700. The van der Waals surface area contributed by atoms with Gasteiger partial charge in [0.05, 0.1) is 12.1 Å². The Balaban J connectivity index is 1.81. The molecule has 0 spiro atoms. The van der Waals surface area contributed by atoms with Gasteiger partial charge in [-0.05, 0) is 58.3 Å². The highest BCUT2D eigenvalue weighted by atomic mass is 127. The zero-order chi connectivity index (χ0) is 13.2. The fourth-order valence-electron chi connectivity index (χ4n) is 1.76. The molecule has 0 atom stereocenters. The summed E-state index contributed by atoms with van der Waals surface area (Å²) in [4.78, 5) is 19.0. The first-order valence-electron chi connectivity index (χ1n) is 5.68. The van der Waals surface area contributed by atoms with Crippen LogP contribution in [0.3, 0.4) is 0 Å². The van der Waals surface area contributed by atoms with Gasteiger partial charge in [0.1, 0.15) is 10.5 Å². The molecular formula is C13H10IN3OS. The molecule has 2 aromatic heterocycles. The van der Waals surface area contributed by atoms with Gasteiger partial charge in [-0.2, -0.15) is 0 Å². The number of aromatic nitrogens is 2. The number of thiophene rings is 1. The summed E-state index contributed by atoms with van der Waals surface area (Å²) in [6, 6.07) is 9.93. The van der Waals surface area contributed by atoms with Gasteiger partial charge >= 0.3 is 0 Å². The number of aromatic amines is 1. The second-order valence-corrected chi connectivity index (χ2v) is 6.17. The number of rotatable bonds is 3. The summed E-state index contributed by atoms with van der Waals surface area (Å²) < 4.78 is 1.87. The number of H-pyrrole nitrogens is 1. The monoisotopic (exact) mass is 383 g/mol. The zero-order valence-electron chi connectivity index (χ0n) is 9.81. The lowest BCUT2D eigenvalue weighted by Crippen LogP contribution is -2.13. The first kappa shape index (κ1) is 12.6. The van der Waals surface area contributed by atoms with Crippen molar-refractivity contribution in [2.24, 2.45) is 0 Å². The third-order valence-electron chi connectivity index (χ3n) is 2.67. The molecule has 0 saturated carbocycles. The molecule has 0 aliphatic carbocycles. The van der Waals surface area contributed by atoms with Crippen molar-refractivity contribution in [3.63, 3.8) is 0 Å². The first-order valence-corrected chi connectivity index (χ1v) is 7.64. The van der Waals surface area contributed by atoms with E-state index in [1.165, 1.54) is 14.9 Å². The Morgan fingerprint density at radius 3 is 2.84 bits per heavy atom. The van der Waals surface area contributed by atoms with E-state index in [-0.39, 0.29) is 5.56 Å². The highest BCUT2D eigenvalue weighted by Gasteiger charge is 2.04. The molecule has 3 aromatic rings. The molecule has 3 rings (SSSR count). The average Bonchev–Trinajstić information content (AvgIpc) is 2.87. The third kappa shape index (κ3) is 2.79. The van der Waals surface area contributed by atoms with E-state index >= 15 is 0 Å². The molecule has 2 N–H and O–H groups in total. The molecule has 2 heterocycles. The van der Waals surface area contributed by atoms with E-state index in [0.717, 1.165) is 11.2 Å². The molecule has 0 bridgehead atoms. The van der Waals surface area contributed by atoms with E-state index in [2.05, 4.69) is 37.9 Å². The molecule has 0 aliphatic rings. The van der Waals surface area contributed by atoms with Crippen molar-refractivity contribution in [2.45, 2.75) is 6.54 Å². The molecule has 4 nitrogen and oxygen atoms in total. The van der Waals surface area contributed by atoms with Gasteiger partial charge in [0.15, 0.2) is 0 Å². The third-order valence-corrected chi connectivity index (χ3v) is 4.29. The molecule has 0 radical (unpaired) electrons. The number of hydrogen-bond donors (Lipinski definition) is 2. The zero-order valence-corrected chi connectivity index (χ0v) is 12.8. The van der Waals surface area contributed by atoms with E-state index in [4.69, 9.17) is 0 Å².